The Labute approximate surface area is 175 Å². The van der Waals surface area contributed by atoms with E-state index in [4.69, 9.17) is 0 Å². The summed E-state index contributed by atoms with van der Waals surface area (Å²) in [7, 11) is 0. The molecule has 0 aliphatic rings. The molecule has 144 valence electrons. The smallest absolute Gasteiger partial charge is 0.258 e. The van der Waals surface area contributed by atoms with Crippen molar-refractivity contribution in [2.45, 2.75) is 30.7 Å². The van der Waals surface area contributed by atoms with Crippen LogP contribution in [0.2, 0.25) is 0 Å². The second-order valence-corrected chi connectivity index (χ2v) is 8.18. The summed E-state index contributed by atoms with van der Waals surface area (Å²) in [5, 5.41) is 24.7. The van der Waals surface area contributed by atoms with Crippen LogP contribution in [0.25, 0.3) is 0 Å². The lowest BCUT2D eigenvalue weighted by atomic mass is 10.2. The van der Waals surface area contributed by atoms with Gasteiger partial charge in [-0.25, -0.2) is 0 Å². The molecule has 0 spiro atoms. The molecule has 0 saturated heterocycles. The van der Waals surface area contributed by atoms with Crippen LogP contribution in [-0.4, -0.2) is 26.0 Å². The molecule has 0 amide bonds. The second-order valence-electron chi connectivity index (χ2n) is 6.32. The fraction of sp³-hybridized carbons (Fsp3) is 0.211. The van der Waals surface area contributed by atoms with E-state index >= 15 is 0 Å². The van der Waals surface area contributed by atoms with Crippen LogP contribution in [0, 0.1) is 10.1 Å². The molecule has 0 radical (unpaired) electrons. The highest BCUT2D eigenvalue weighted by molar-refractivity contribution is 9.10. The molecule has 1 aromatic heterocycles. The van der Waals surface area contributed by atoms with Crippen molar-refractivity contribution >= 4 is 39.6 Å². The van der Waals surface area contributed by atoms with Crippen LogP contribution in [0.15, 0.2) is 63.3 Å². The van der Waals surface area contributed by atoms with Crippen molar-refractivity contribution in [2.75, 3.05) is 0 Å². The predicted molar refractivity (Wildman–Crippen MR) is 114 cm³/mol. The maximum Gasteiger partial charge on any atom is 0.270 e. The van der Waals surface area contributed by atoms with Gasteiger partial charge in [0.25, 0.3) is 5.69 Å². The lowest BCUT2D eigenvalue weighted by molar-refractivity contribution is -0.384. The van der Waals surface area contributed by atoms with Crippen molar-refractivity contribution in [3.63, 3.8) is 0 Å². The first-order valence-electron chi connectivity index (χ1n) is 8.55. The lowest BCUT2D eigenvalue weighted by Crippen LogP contribution is -2.02. The number of nitro groups is 1. The van der Waals surface area contributed by atoms with Gasteiger partial charge < -0.3 is 0 Å². The van der Waals surface area contributed by atoms with Gasteiger partial charge >= 0.3 is 0 Å². The van der Waals surface area contributed by atoms with Crippen molar-refractivity contribution in [1.82, 2.24) is 14.9 Å². The third-order valence-corrected chi connectivity index (χ3v) is 5.36. The molecule has 3 rings (SSSR count). The van der Waals surface area contributed by atoms with E-state index in [9.17, 15) is 10.1 Å². The van der Waals surface area contributed by atoms with Gasteiger partial charge in [0.15, 0.2) is 5.82 Å². The van der Waals surface area contributed by atoms with Crippen molar-refractivity contribution in [1.29, 1.82) is 0 Å². The molecule has 28 heavy (non-hydrogen) atoms. The Morgan fingerprint density at radius 3 is 2.68 bits per heavy atom. The van der Waals surface area contributed by atoms with Crippen LogP contribution in [0.4, 0.5) is 5.69 Å². The first kappa shape index (κ1) is 20.2. The van der Waals surface area contributed by atoms with Gasteiger partial charge in [-0.05, 0) is 17.7 Å². The number of nitro benzene ring substituents is 1. The van der Waals surface area contributed by atoms with Gasteiger partial charge in [-0.1, -0.05) is 65.8 Å². The Bertz CT molecular complexity index is 1000. The van der Waals surface area contributed by atoms with Crippen LogP contribution in [0.3, 0.4) is 0 Å². The highest BCUT2D eigenvalue weighted by Gasteiger charge is 2.15. The topological polar surface area (TPSA) is 86.2 Å². The molecule has 1 heterocycles. The summed E-state index contributed by atoms with van der Waals surface area (Å²) in [5.41, 5.74) is 1.83. The van der Waals surface area contributed by atoms with Gasteiger partial charge in [0.2, 0.25) is 5.16 Å². The minimum absolute atomic E-state index is 0.0293. The SMILES string of the molecule is CC(C)c1nnc(SCc2ccc(Br)cc2)n1/N=C\c1cccc([N+](=O)[O-])c1. The summed E-state index contributed by atoms with van der Waals surface area (Å²) < 4.78 is 2.74. The van der Waals surface area contributed by atoms with E-state index in [2.05, 4.69) is 31.2 Å². The van der Waals surface area contributed by atoms with Gasteiger partial charge in [0.05, 0.1) is 11.1 Å². The van der Waals surface area contributed by atoms with Gasteiger partial charge in [-0.3, -0.25) is 10.1 Å². The maximum absolute atomic E-state index is 11.0. The molecule has 0 unspecified atom stereocenters. The van der Waals surface area contributed by atoms with Crippen LogP contribution < -0.4 is 0 Å². The summed E-state index contributed by atoms with van der Waals surface area (Å²) >= 11 is 4.97. The van der Waals surface area contributed by atoms with Crippen molar-refractivity contribution < 1.29 is 4.92 Å². The summed E-state index contributed by atoms with van der Waals surface area (Å²) in [6, 6.07) is 14.4. The average molecular weight is 460 g/mol. The predicted octanol–water partition coefficient (Wildman–Crippen LogP) is 5.25. The van der Waals surface area contributed by atoms with E-state index in [1.807, 2.05) is 38.1 Å². The zero-order chi connectivity index (χ0) is 20.1. The molecular weight excluding hydrogens is 442 g/mol. The minimum atomic E-state index is -0.421. The Kier molecular flexibility index (Phi) is 6.58. The third-order valence-electron chi connectivity index (χ3n) is 3.84. The standard InChI is InChI=1S/C19H18BrN5O2S/c1-13(2)18-22-23-19(28-12-14-6-8-16(20)9-7-14)24(18)21-11-15-4-3-5-17(10-15)25(26)27/h3-11,13H,12H2,1-2H3/b21-11-. The van der Waals surface area contributed by atoms with E-state index in [0.717, 1.165) is 21.6 Å². The van der Waals surface area contributed by atoms with Crippen LogP contribution in [0.1, 0.15) is 36.7 Å². The first-order chi connectivity index (χ1) is 13.4. The van der Waals surface area contributed by atoms with Crippen molar-refractivity contribution in [2.24, 2.45) is 5.10 Å². The molecule has 0 atom stereocenters. The van der Waals surface area contributed by atoms with Crippen molar-refractivity contribution in [3.05, 3.63) is 80.1 Å². The Balaban J connectivity index is 1.84. The Hall–Kier alpha value is -2.52. The fourth-order valence-electron chi connectivity index (χ4n) is 2.41. The normalized spacial score (nSPS) is 11.4. The largest absolute Gasteiger partial charge is 0.270 e. The molecule has 0 bridgehead atoms. The molecule has 0 aliphatic carbocycles. The number of aromatic nitrogens is 3. The average Bonchev–Trinajstić information content (AvgIpc) is 3.09. The number of hydrogen-bond donors (Lipinski definition) is 0. The van der Waals surface area contributed by atoms with E-state index in [1.54, 1.807) is 23.0 Å². The molecule has 0 saturated carbocycles. The number of non-ortho nitro benzene ring substituents is 1. The molecule has 3 aromatic rings. The quantitative estimate of drug-likeness (QED) is 0.208. The number of hydrogen-bond acceptors (Lipinski definition) is 6. The fourth-order valence-corrected chi connectivity index (χ4v) is 3.52. The van der Waals surface area contributed by atoms with E-state index in [-0.39, 0.29) is 11.6 Å². The highest BCUT2D eigenvalue weighted by atomic mass is 79.9. The van der Waals surface area contributed by atoms with E-state index < -0.39 is 4.92 Å². The number of nitrogens with zero attached hydrogens (tertiary/aromatic N) is 5. The van der Waals surface area contributed by atoms with E-state index in [0.29, 0.717) is 10.7 Å². The Morgan fingerprint density at radius 1 is 1.25 bits per heavy atom. The van der Waals surface area contributed by atoms with Crippen LogP contribution in [0.5, 0.6) is 0 Å². The number of rotatable bonds is 7. The summed E-state index contributed by atoms with van der Waals surface area (Å²) in [6.07, 6.45) is 1.59. The zero-order valence-electron chi connectivity index (χ0n) is 15.3. The number of thioether (sulfide) groups is 1. The van der Waals surface area contributed by atoms with Crippen LogP contribution in [-0.2, 0) is 5.75 Å². The highest BCUT2D eigenvalue weighted by Crippen LogP contribution is 2.25. The molecule has 7 nitrogen and oxygen atoms in total. The Morgan fingerprint density at radius 2 is 2.00 bits per heavy atom. The molecule has 0 fully saturated rings. The molecule has 0 aliphatic heterocycles. The molecular formula is C19H18BrN5O2S. The van der Waals surface area contributed by atoms with Gasteiger partial charge in [-0.15, -0.1) is 10.2 Å². The lowest BCUT2D eigenvalue weighted by Gasteiger charge is -2.06. The summed E-state index contributed by atoms with van der Waals surface area (Å²) in [6.45, 7) is 4.04. The maximum atomic E-state index is 11.0. The first-order valence-corrected chi connectivity index (χ1v) is 10.3. The molecule has 0 N–H and O–H groups in total. The number of benzene rings is 2. The van der Waals surface area contributed by atoms with Crippen LogP contribution >= 0.6 is 27.7 Å². The zero-order valence-corrected chi connectivity index (χ0v) is 17.7. The van der Waals surface area contributed by atoms with Gasteiger partial charge in [0, 0.05) is 33.8 Å². The van der Waals surface area contributed by atoms with Crippen molar-refractivity contribution in [3.8, 4) is 0 Å². The third kappa shape index (κ3) is 5.05. The summed E-state index contributed by atoms with van der Waals surface area (Å²) in [4.78, 5) is 10.5. The van der Waals surface area contributed by atoms with Gasteiger partial charge in [-0.2, -0.15) is 9.78 Å². The second kappa shape index (κ2) is 9.11. The molecule has 2 aromatic carbocycles. The summed E-state index contributed by atoms with van der Waals surface area (Å²) in [5.74, 6) is 1.60. The van der Waals surface area contributed by atoms with Gasteiger partial charge in [0.1, 0.15) is 0 Å². The monoisotopic (exact) mass is 459 g/mol. The van der Waals surface area contributed by atoms with E-state index in [1.165, 1.54) is 23.9 Å². The molecule has 9 heteroatoms. The number of halogens is 1. The minimum Gasteiger partial charge on any atom is -0.258 e.